The van der Waals surface area contributed by atoms with Crippen molar-refractivity contribution in [1.29, 1.82) is 0 Å². The van der Waals surface area contributed by atoms with E-state index in [4.69, 9.17) is 9.47 Å². The average molecular weight is 250 g/mol. The molecule has 0 saturated carbocycles. The third-order valence-electron chi connectivity index (χ3n) is 3.67. The van der Waals surface area contributed by atoms with Crippen molar-refractivity contribution in [3.05, 3.63) is 18.2 Å². The van der Waals surface area contributed by atoms with Crippen LogP contribution in [0.4, 0.5) is 5.69 Å². The van der Waals surface area contributed by atoms with E-state index in [0.29, 0.717) is 13.2 Å². The number of nitrogens with zero attached hydrogens (tertiary/aromatic N) is 1. The molecule has 0 radical (unpaired) electrons. The van der Waals surface area contributed by atoms with E-state index in [0.717, 1.165) is 30.5 Å². The van der Waals surface area contributed by atoms with Crippen molar-refractivity contribution < 1.29 is 9.47 Å². The highest BCUT2D eigenvalue weighted by Crippen LogP contribution is 2.40. The fourth-order valence-corrected chi connectivity index (χ4v) is 2.56. The van der Waals surface area contributed by atoms with Crippen LogP contribution in [0.25, 0.3) is 0 Å². The molecule has 18 heavy (non-hydrogen) atoms. The summed E-state index contributed by atoms with van der Waals surface area (Å²) in [4.78, 5) is 2.42. The average Bonchev–Trinajstić information content (AvgIpc) is 2.39. The third kappa shape index (κ3) is 2.38. The molecule has 0 aliphatic carbocycles. The first kappa shape index (κ1) is 13.0. The predicted molar refractivity (Wildman–Crippen MR) is 73.1 cm³/mol. The second-order valence-corrected chi connectivity index (χ2v) is 4.97. The van der Waals surface area contributed by atoms with E-state index in [1.807, 2.05) is 6.07 Å². The van der Waals surface area contributed by atoms with Crippen molar-refractivity contribution in [3.8, 4) is 11.5 Å². The zero-order chi connectivity index (χ0) is 11.7. The lowest BCUT2D eigenvalue weighted by Gasteiger charge is -2.34. The van der Waals surface area contributed by atoms with Crippen molar-refractivity contribution in [2.75, 3.05) is 31.2 Å². The molecule has 2 aliphatic heterocycles. The van der Waals surface area contributed by atoms with Crippen LogP contribution in [0.1, 0.15) is 19.8 Å². The maximum atomic E-state index is 5.77. The first-order chi connectivity index (χ1) is 8.34. The van der Waals surface area contributed by atoms with Gasteiger partial charge in [0.1, 0.15) is 13.2 Å². The highest BCUT2D eigenvalue weighted by molar-refractivity contribution is 5.65. The van der Waals surface area contributed by atoms with Gasteiger partial charge in [0.25, 0.3) is 0 Å². The zero-order valence-electron chi connectivity index (χ0n) is 11.0. The summed E-state index contributed by atoms with van der Waals surface area (Å²) in [6.07, 6.45) is 2.54. The summed E-state index contributed by atoms with van der Waals surface area (Å²) >= 11 is 0. The van der Waals surface area contributed by atoms with Gasteiger partial charge in [0, 0.05) is 13.1 Å². The van der Waals surface area contributed by atoms with Crippen LogP contribution in [0.15, 0.2) is 18.2 Å². The third-order valence-corrected chi connectivity index (χ3v) is 3.67. The van der Waals surface area contributed by atoms with E-state index in [1.165, 1.54) is 18.5 Å². The Kier molecular flexibility index (Phi) is 3.97. The van der Waals surface area contributed by atoms with E-state index in [1.54, 1.807) is 0 Å². The Bertz CT molecular complexity index is 401. The highest BCUT2D eigenvalue weighted by Gasteiger charge is 2.22. The molecule has 3 N–H and O–H groups in total. The smallest absolute Gasteiger partial charge is 0.184 e. The van der Waals surface area contributed by atoms with E-state index >= 15 is 0 Å². The van der Waals surface area contributed by atoms with Crippen LogP contribution >= 0.6 is 0 Å². The lowest BCUT2D eigenvalue weighted by molar-refractivity contribution is 0.172. The molecule has 0 unspecified atom stereocenters. The highest BCUT2D eigenvalue weighted by atomic mass is 16.6. The topological polar surface area (TPSA) is 56.7 Å². The molecule has 1 aromatic carbocycles. The van der Waals surface area contributed by atoms with Gasteiger partial charge in [0.2, 0.25) is 0 Å². The molecule has 0 amide bonds. The fourth-order valence-electron chi connectivity index (χ4n) is 2.56. The number of hydrogen-bond donors (Lipinski definition) is 1. The largest absolute Gasteiger partial charge is 0.486 e. The standard InChI is InChI=1S/C14H19NO2.H3N/c1-11-5-7-15(8-6-11)12-3-2-4-13-14(12)17-10-9-16-13;/h2-4,11H,5-10H2,1H3;1H3. The lowest BCUT2D eigenvalue weighted by Crippen LogP contribution is -2.33. The fraction of sp³-hybridized carbons (Fsp3) is 0.571. The summed E-state index contributed by atoms with van der Waals surface area (Å²) in [6.45, 7) is 5.90. The van der Waals surface area contributed by atoms with Gasteiger partial charge in [-0.2, -0.15) is 0 Å². The molecule has 4 heteroatoms. The summed E-state index contributed by atoms with van der Waals surface area (Å²) in [5.74, 6) is 2.68. The number of ether oxygens (including phenoxy) is 2. The molecule has 1 aromatic rings. The molecule has 2 aliphatic rings. The lowest BCUT2D eigenvalue weighted by atomic mass is 9.98. The Hall–Kier alpha value is -1.42. The molecule has 4 nitrogen and oxygen atoms in total. The zero-order valence-corrected chi connectivity index (χ0v) is 11.0. The number of fused-ring (bicyclic) bond motifs is 1. The minimum atomic E-state index is 0. The Morgan fingerprint density at radius 1 is 1.11 bits per heavy atom. The van der Waals surface area contributed by atoms with E-state index in [9.17, 15) is 0 Å². The minimum absolute atomic E-state index is 0. The molecule has 1 fully saturated rings. The number of benzene rings is 1. The van der Waals surface area contributed by atoms with Crippen LogP contribution in [0.5, 0.6) is 11.5 Å². The molecule has 100 valence electrons. The first-order valence-electron chi connectivity index (χ1n) is 6.48. The molecular weight excluding hydrogens is 228 g/mol. The van der Waals surface area contributed by atoms with Gasteiger partial charge in [0.05, 0.1) is 5.69 Å². The summed E-state index contributed by atoms with van der Waals surface area (Å²) in [5.41, 5.74) is 1.20. The maximum absolute atomic E-state index is 5.77. The Balaban J connectivity index is 0.00000120. The Labute approximate surface area is 108 Å². The van der Waals surface area contributed by atoms with Gasteiger partial charge >= 0.3 is 0 Å². The van der Waals surface area contributed by atoms with E-state index in [2.05, 4.69) is 24.0 Å². The van der Waals surface area contributed by atoms with Crippen molar-refractivity contribution in [3.63, 3.8) is 0 Å². The number of para-hydroxylation sites is 1. The van der Waals surface area contributed by atoms with Crippen LogP contribution in [-0.2, 0) is 0 Å². The quantitative estimate of drug-likeness (QED) is 0.832. The van der Waals surface area contributed by atoms with Gasteiger partial charge in [0.15, 0.2) is 11.5 Å². The normalized spacial score (nSPS) is 19.3. The second-order valence-electron chi connectivity index (χ2n) is 4.97. The van der Waals surface area contributed by atoms with E-state index in [-0.39, 0.29) is 6.15 Å². The monoisotopic (exact) mass is 250 g/mol. The minimum Gasteiger partial charge on any atom is -0.486 e. The number of rotatable bonds is 1. The molecule has 0 atom stereocenters. The van der Waals surface area contributed by atoms with Crippen molar-refractivity contribution in [2.45, 2.75) is 19.8 Å². The number of hydrogen-bond acceptors (Lipinski definition) is 4. The summed E-state index contributed by atoms with van der Waals surface area (Å²) in [5, 5.41) is 0. The SMILES string of the molecule is CC1CCN(c2cccc3c2OCCO3)CC1.N. The number of piperidine rings is 1. The molecule has 0 spiro atoms. The summed E-state index contributed by atoms with van der Waals surface area (Å²) < 4.78 is 11.4. The van der Waals surface area contributed by atoms with Crippen LogP contribution in [-0.4, -0.2) is 26.3 Å². The second kappa shape index (κ2) is 5.48. The van der Waals surface area contributed by atoms with Crippen LogP contribution < -0.4 is 20.5 Å². The van der Waals surface area contributed by atoms with Gasteiger partial charge in [-0.05, 0) is 30.9 Å². The Morgan fingerprint density at radius 3 is 2.61 bits per heavy atom. The van der Waals surface area contributed by atoms with Crippen LogP contribution in [0, 0.1) is 5.92 Å². The van der Waals surface area contributed by atoms with Gasteiger partial charge in [-0.1, -0.05) is 13.0 Å². The summed E-state index contributed by atoms with van der Waals surface area (Å²) in [6, 6.07) is 6.19. The van der Waals surface area contributed by atoms with Gasteiger partial charge in [-0.3, -0.25) is 0 Å². The van der Waals surface area contributed by atoms with Crippen LogP contribution in [0.3, 0.4) is 0 Å². The van der Waals surface area contributed by atoms with E-state index < -0.39 is 0 Å². The van der Waals surface area contributed by atoms with Crippen molar-refractivity contribution in [1.82, 2.24) is 6.15 Å². The molecule has 0 bridgehead atoms. The molecule has 0 aromatic heterocycles. The predicted octanol–water partition coefficient (Wildman–Crippen LogP) is 2.86. The molecule has 3 rings (SSSR count). The van der Waals surface area contributed by atoms with Crippen LogP contribution in [0.2, 0.25) is 0 Å². The maximum Gasteiger partial charge on any atom is 0.184 e. The number of anilines is 1. The summed E-state index contributed by atoms with van der Waals surface area (Å²) in [7, 11) is 0. The Morgan fingerprint density at radius 2 is 1.83 bits per heavy atom. The molecular formula is C14H22N2O2. The van der Waals surface area contributed by atoms with Gasteiger partial charge in [-0.25, -0.2) is 0 Å². The van der Waals surface area contributed by atoms with Gasteiger partial charge < -0.3 is 20.5 Å². The van der Waals surface area contributed by atoms with Gasteiger partial charge in [-0.15, -0.1) is 0 Å². The molecule has 2 heterocycles. The van der Waals surface area contributed by atoms with Crippen molar-refractivity contribution in [2.24, 2.45) is 5.92 Å². The molecule has 1 saturated heterocycles. The van der Waals surface area contributed by atoms with Crippen molar-refractivity contribution >= 4 is 5.69 Å². The first-order valence-corrected chi connectivity index (χ1v) is 6.48.